The van der Waals surface area contributed by atoms with Crippen LogP contribution in [0, 0.1) is 17.3 Å². The third-order valence-corrected chi connectivity index (χ3v) is 5.43. The fraction of sp³-hybridized carbons (Fsp3) is 0.667. The van der Waals surface area contributed by atoms with E-state index in [1.807, 2.05) is 19.3 Å². The van der Waals surface area contributed by atoms with Crippen molar-refractivity contribution in [1.29, 1.82) is 0 Å². The number of aryl methyl sites for hydroxylation is 1. The molecule has 3 saturated carbocycles. The number of rotatable bonds is 4. The van der Waals surface area contributed by atoms with Crippen LogP contribution in [0.1, 0.15) is 37.3 Å². The van der Waals surface area contributed by atoms with Crippen molar-refractivity contribution in [3.63, 3.8) is 0 Å². The summed E-state index contributed by atoms with van der Waals surface area (Å²) in [5, 5.41) is 16.7. The van der Waals surface area contributed by atoms with Crippen LogP contribution < -0.4 is 5.32 Å². The number of fused-ring (bicyclic) bond motifs is 1. The van der Waals surface area contributed by atoms with Gasteiger partial charge in [0.1, 0.15) is 0 Å². The van der Waals surface area contributed by atoms with E-state index in [9.17, 15) is 14.7 Å². The van der Waals surface area contributed by atoms with Gasteiger partial charge in [-0.05, 0) is 37.7 Å². The third-order valence-electron chi connectivity index (χ3n) is 5.43. The van der Waals surface area contributed by atoms with Crippen LogP contribution in [0.2, 0.25) is 0 Å². The van der Waals surface area contributed by atoms with Crippen molar-refractivity contribution >= 4 is 11.9 Å². The highest BCUT2D eigenvalue weighted by Crippen LogP contribution is 2.63. The summed E-state index contributed by atoms with van der Waals surface area (Å²) in [4.78, 5) is 23.5. The third kappa shape index (κ3) is 1.96. The smallest absolute Gasteiger partial charge is 0.310 e. The predicted molar refractivity (Wildman–Crippen MR) is 73.4 cm³/mol. The fourth-order valence-electron chi connectivity index (χ4n) is 4.02. The quantitative estimate of drug-likeness (QED) is 0.862. The van der Waals surface area contributed by atoms with E-state index in [1.54, 1.807) is 4.68 Å². The number of carboxylic acid groups (broad SMARTS) is 1. The van der Waals surface area contributed by atoms with Crippen LogP contribution in [-0.2, 0) is 16.6 Å². The standard InChI is InChI=1S/C15H19N3O3/c1-18-3-2-12(17-18)10-5-11(10)13(19)16-9-4-8-6-15(8,7-9)14(20)21/h2-3,8-11H,4-7H2,1H3,(H,16,19)(H,20,21)/t8-,9+,10+,11+,15+/m0/s1. The van der Waals surface area contributed by atoms with Gasteiger partial charge in [0.05, 0.1) is 11.1 Å². The van der Waals surface area contributed by atoms with Crippen LogP contribution in [0.3, 0.4) is 0 Å². The Morgan fingerprint density at radius 3 is 2.86 bits per heavy atom. The van der Waals surface area contributed by atoms with E-state index in [0.29, 0.717) is 6.42 Å². The topological polar surface area (TPSA) is 84.2 Å². The molecule has 3 fully saturated rings. The Kier molecular flexibility index (Phi) is 2.50. The first-order chi connectivity index (χ1) is 9.99. The average molecular weight is 289 g/mol. The first-order valence-corrected chi connectivity index (χ1v) is 7.53. The minimum absolute atomic E-state index is 0.0117. The summed E-state index contributed by atoms with van der Waals surface area (Å²) in [6.07, 6.45) is 4.94. The van der Waals surface area contributed by atoms with E-state index in [-0.39, 0.29) is 29.7 Å². The minimum atomic E-state index is -0.693. The van der Waals surface area contributed by atoms with Gasteiger partial charge in [0.2, 0.25) is 5.91 Å². The Labute approximate surface area is 122 Å². The van der Waals surface area contributed by atoms with Gasteiger partial charge in [-0.3, -0.25) is 14.3 Å². The number of amides is 1. The molecule has 0 unspecified atom stereocenters. The van der Waals surface area contributed by atoms with Gasteiger partial charge >= 0.3 is 5.97 Å². The SMILES string of the molecule is Cn1ccc([C@@H]2C[C@H]2C(=O)N[C@@H]2C[C@H]3C[C@@]3(C(=O)O)C2)n1. The van der Waals surface area contributed by atoms with E-state index < -0.39 is 11.4 Å². The van der Waals surface area contributed by atoms with Gasteiger partial charge in [-0.25, -0.2) is 0 Å². The number of aliphatic carboxylic acids is 1. The highest BCUT2D eigenvalue weighted by Gasteiger charge is 2.65. The Balaban J connectivity index is 1.33. The first-order valence-electron chi connectivity index (χ1n) is 7.53. The second-order valence-electron chi connectivity index (χ2n) is 6.87. The molecule has 0 bridgehead atoms. The molecular weight excluding hydrogens is 270 g/mol. The molecule has 0 aliphatic heterocycles. The van der Waals surface area contributed by atoms with E-state index in [4.69, 9.17) is 0 Å². The lowest BCUT2D eigenvalue weighted by Gasteiger charge is -2.15. The number of hydrogen-bond acceptors (Lipinski definition) is 3. The molecule has 1 heterocycles. The summed E-state index contributed by atoms with van der Waals surface area (Å²) in [5.41, 5.74) is 0.455. The molecule has 3 aliphatic carbocycles. The largest absolute Gasteiger partial charge is 0.481 e. The maximum atomic E-state index is 12.3. The van der Waals surface area contributed by atoms with Gasteiger partial charge in [0.15, 0.2) is 0 Å². The van der Waals surface area contributed by atoms with Crippen molar-refractivity contribution < 1.29 is 14.7 Å². The lowest BCUT2D eigenvalue weighted by molar-refractivity contribution is -0.143. The summed E-state index contributed by atoms with van der Waals surface area (Å²) in [7, 11) is 1.87. The fourth-order valence-corrected chi connectivity index (χ4v) is 4.02. The number of aromatic nitrogens is 2. The molecule has 6 heteroatoms. The highest BCUT2D eigenvalue weighted by molar-refractivity contribution is 5.84. The highest BCUT2D eigenvalue weighted by atomic mass is 16.4. The second kappa shape index (κ2) is 4.08. The van der Waals surface area contributed by atoms with E-state index in [2.05, 4.69) is 10.4 Å². The van der Waals surface area contributed by atoms with Crippen LogP contribution in [0.4, 0.5) is 0 Å². The zero-order chi connectivity index (χ0) is 14.8. The summed E-state index contributed by atoms with van der Waals surface area (Å²) >= 11 is 0. The van der Waals surface area contributed by atoms with Gasteiger partial charge < -0.3 is 10.4 Å². The summed E-state index contributed by atoms with van der Waals surface area (Å²) in [6, 6.07) is 2.00. The summed E-state index contributed by atoms with van der Waals surface area (Å²) in [6.45, 7) is 0. The van der Waals surface area contributed by atoms with Crippen molar-refractivity contribution in [3.8, 4) is 0 Å². The number of nitrogens with one attached hydrogen (secondary N) is 1. The van der Waals surface area contributed by atoms with Gasteiger partial charge in [-0.2, -0.15) is 5.10 Å². The molecule has 2 N–H and O–H groups in total. The van der Waals surface area contributed by atoms with Crippen molar-refractivity contribution in [1.82, 2.24) is 15.1 Å². The maximum absolute atomic E-state index is 12.3. The second-order valence-corrected chi connectivity index (χ2v) is 6.87. The number of carbonyl (C=O) groups is 2. The molecule has 0 aromatic carbocycles. The molecule has 112 valence electrons. The first kappa shape index (κ1) is 12.9. The van der Waals surface area contributed by atoms with E-state index in [0.717, 1.165) is 25.0 Å². The van der Waals surface area contributed by atoms with Crippen molar-refractivity contribution in [2.24, 2.45) is 24.3 Å². The summed E-state index contributed by atoms with van der Waals surface area (Å²) < 4.78 is 1.75. The molecule has 1 aromatic heterocycles. The Hall–Kier alpha value is -1.85. The number of carbonyl (C=O) groups excluding carboxylic acids is 1. The van der Waals surface area contributed by atoms with Crippen LogP contribution in [0.5, 0.6) is 0 Å². The van der Waals surface area contributed by atoms with Crippen LogP contribution in [-0.4, -0.2) is 32.8 Å². The molecule has 5 atom stereocenters. The lowest BCUT2D eigenvalue weighted by Crippen LogP contribution is -2.36. The zero-order valence-electron chi connectivity index (χ0n) is 12.0. The molecule has 21 heavy (non-hydrogen) atoms. The molecule has 0 radical (unpaired) electrons. The molecule has 1 amide bonds. The van der Waals surface area contributed by atoms with Gasteiger partial charge in [0, 0.05) is 31.1 Å². The summed E-state index contributed by atoms with van der Waals surface area (Å²) in [5.74, 6) is -0.112. The van der Waals surface area contributed by atoms with Crippen LogP contribution >= 0.6 is 0 Å². The molecule has 0 saturated heterocycles. The molecule has 1 aromatic rings. The van der Waals surface area contributed by atoms with Crippen molar-refractivity contribution in [2.75, 3.05) is 0 Å². The number of nitrogens with zero attached hydrogens (tertiary/aromatic N) is 2. The van der Waals surface area contributed by atoms with Gasteiger partial charge in [-0.1, -0.05) is 0 Å². The molecule has 6 nitrogen and oxygen atoms in total. The predicted octanol–water partition coefficient (Wildman–Crippen LogP) is 0.893. The maximum Gasteiger partial charge on any atom is 0.310 e. The average Bonchev–Trinajstić information content (AvgIpc) is 3.28. The molecule has 4 rings (SSSR count). The van der Waals surface area contributed by atoms with Crippen molar-refractivity contribution in [2.45, 2.75) is 37.6 Å². The Morgan fingerprint density at radius 1 is 1.43 bits per heavy atom. The zero-order valence-corrected chi connectivity index (χ0v) is 12.0. The number of carboxylic acids is 1. The van der Waals surface area contributed by atoms with Crippen LogP contribution in [0.25, 0.3) is 0 Å². The normalized spacial score (nSPS) is 39.7. The van der Waals surface area contributed by atoms with Crippen LogP contribution in [0.15, 0.2) is 12.3 Å². The monoisotopic (exact) mass is 289 g/mol. The van der Waals surface area contributed by atoms with Gasteiger partial charge in [-0.15, -0.1) is 0 Å². The molecule has 0 spiro atoms. The molecule has 3 aliphatic rings. The van der Waals surface area contributed by atoms with Gasteiger partial charge in [0.25, 0.3) is 0 Å². The number of hydrogen-bond donors (Lipinski definition) is 2. The lowest BCUT2D eigenvalue weighted by atomic mass is 10.0. The Morgan fingerprint density at radius 2 is 2.24 bits per heavy atom. The van der Waals surface area contributed by atoms with E-state index in [1.165, 1.54) is 0 Å². The minimum Gasteiger partial charge on any atom is -0.481 e. The van der Waals surface area contributed by atoms with E-state index >= 15 is 0 Å². The van der Waals surface area contributed by atoms with Crippen molar-refractivity contribution in [3.05, 3.63) is 18.0 Å². The Bertz CT molecular complexity index is 625. The molecular formula is C15H19N3O3.